The number of halogens is 3. The van der Waals surface area contributed by atoms with E-state index in [9.17, 15) is 13.2 Å². The summed E-state index contributed by atoms with van der Waals surface area (Å²) in [6.45, 7) is 0. The number of carboxylic acid groups (broad SMARTS) is 1. The second-order valence-corrected chi connectivity index (χ2v) is 6.33. The Morgan fingerprint density at radius 1 is 1.15 bits per heavy atom. The Bertz CT molecular complexity index is 947. The maximum atomic E-state index is 10.6. The van der Waals surface area contributed by atoms with Gasteiger partial charge in [0.05, 0.1) is 5.69 Å². The molecule has 2 heterocycles. The van der Waals surface area contributed by atoms with Crippen LogP contribution in [0, 0.1) is 0 Å². The maximum absolute atomic E-state index is 10.6. The maximum Gasteiger partial charge on any atom is 0.490 e. The monoisotopic (exact) mass is 378 g/mol. The van der Waals surface area contributed by atoms with Crippen LogP contribution in [0.5, 0.6) is 0 Å². The minimum Gasteiger partial charge on any atom is -0.475 e. The number of rotatable bonds is 2. The average Bonchev–Trinajstić information content (AvgIpc) is 3.08. The van der Waals surface area contributed by atoms with Gasteiger partial charge >= 0.3 is 12.1 Å². The van der Waals surface area contributed by atoms with Crippen LogP contribution in [0.3, 0.4) is 0 Å². The second kappa shape index (κ2) is 6.99. The van der Waals surface area contributed by atoms with Gasteiger partial charge in [-0.05, 0) is 37.0 Å². The lowest BCUT2D eigenvalue weighted by Gasteiger charge is -2.38. The fourth-order valence-electron chi connectivity index (χ4n) is 2.88. The van der Waals surface area contributed by atoms with E-state index in [0.29, 0.717) is 0 Å². The predicted octanol–water partition coefficient (Wildman–Crippen LogP) is 3.37. The van der Waals surface area contributed by atoms with E-state index < -0.39 is 12.1 Å². The number of pyridine rings is 1. The van der Waals surface area contributed by atoms with Gasteiger partial charge in [0.15, 0.2) is 5.65 Å². The highest BCUT2D eigenvalue weighted by Crippen LogP contribution is 2.39. The minimum atomic E-state index is -5.08. The molecule has 3 N–H and O–H groups in total. The van der Waals surface area contributed by atoms with Crippen molar-refractivity contribution in [2.45, 2.75) is 31.0 Å². The number of alkyl halides is 3. The zero-order chi connectivity index (χ0) is 19.7. The van der Waals surface area contributed by atoms with Crippen molar-refractivity contribution in [3.05, 3.63) is 54.4 Å². The number of aromatic nitrogens is 3. The van der Waals surface area contributed by atoms with Crippen LogP contribution < -0.4 is 5.73 Å². The van der Waals surface area contributed by atoms with E-state index in [2.05, 4.69) is 40.4 Å². The smallest absolute Gasteiger partial charge is 0.475 e. The number of carboxylic acids is 1. The minimum absolute atomic E-state index is 0.0994. The van der Waals surface area contributed by atoms with Crippen LogP contribution in [0.15, 0.2) is 48.8 Å². The van der Waals surface area contributed by atoms with Crippen molar-refractivity contribution in [2.75, 3.05) is 0 Å². The van der Waals surface area contributed by atoms with Crippen LogP contribution >= 0.6 is 0 Å². The predicted molar refractivity (Wildman–Crippen MR) is 91.8 cm³/mol. The molecule has 0 atom stereocenters. The van der Waals surface area contributed by atoms with Gasteiger partial charge in [-0.1, -0.05) is 30.3 Å². The van der Waals surface area contributed by atoms with Crippen molar-refractivity contribution < 1.29 is 23.1 Å². The summed E-state index contributed by atoms with van der Waals surface area (Å²) in [4.78, 5) is 13.1. The van der Waals surface area contributed by atoms with Gasteiger partial charge in [0.2, 0.25) is 0 Å². The number of benzene rings is 1. The fourth-order valence-corrected chi connectivity index (χ4v) is 2.88. The standard InChI is InChI=1S/C16H16N4.C2HF3O2/c17-16(9-2-10-16)13-7-5-12(6-8-13)14-3-1-4-15-18-11-19-20(14)15;3-2(4,5)1(6)7/h1,3-8,11H,2,9-10,17H2;(H,6,7). The van der Waals surface area contributed by atoms with E-state index in [-0.39, 0.29) is 5.54 Å². The molecule has 0 saturated heterocycles. The molecule has 0 bridgehead atoms. The number of hydrogen-bond acceptors (Lipinski definition) is 4. The Balaban J connectivity index is 0.000000260. The van der Waals surface area contributed by atoms with Crippen molar-refractivity contribution >= 4 is 11.6 Å². The Kier molecular flexibility index (Phi) is 4.88. The average molecular weight is 378 g/mol. The van der Waals surface area contributed by atoms with E-state index in [1.165, 1.54) is 12.0 Å². The first-order chi connectivity index (χ1) is 12.7. The molecule has 3 aromatic rings. The summed E-state index contributed by atoms with van der Waals surface area (Å²) in [6.07, 6.45) is -0.0943. The molecule has 0 unspecified atom stereocenters. The summed E-state index contributed by atoms with van der Waals surface area (Å²) in [5, 5.41) is 11.4. The van der Waals surface area contributed by atoms with Crippen LogP contribution in [0.4, 0.5) is 13.2 Å². The first-order valence-corrected chi connectivity index (χ1v) is 8.19. The Labute approximate surface area is 152 Å². The topological polar surface area (TPSA) is 93.5 Å². The molecule has 27 heavy (non-hydrogen) atoms. The quantitative estimate of drug-likeness (QED) is 0.713. The number of nitrogens with zero attached hydrogens (tertiary/aromatic N) is 3. The van der Waals surface area contributed by atoms with Crippen molar-refractivity contribution in [3.8, 4) is 11.3 Å². The largest absolute Gasteiger partial charge is 0.490 e. The summed E-state index contributed by atoms with van der Waals surface area (Å²) in [5.74, 6) is -2.76. The van der Waals surface area contributed by atoms with Gasteiger partial charge in [0.1, 0.15) is 6.33 Å². The highest BCUT2D eigenvalue weighted by atomic mass is 19.4. The lowest BCUT2D eigenvalue weighted by Crippen LogP contribution is -2.43. The Morgan fingerprint density at radius 3 is 2.30 bits per heavy atom. The van der Waals surface area contributed by atoms with Crippen LogP contribution in [0.1, 0.15) is 24.8 Å². The number of nitrogens with two attached hydrogens (primary N) is 1. The molecule has 2 aromatic heterocycles. The first-order valence-electron chi connectivity index (χ1n) is 8.19. The molecular weight excluding hydrogens is 361 g/mol. The summed E-state index contributed by atoms with van der Waals surface area (Å²) in [7, 11) is 0. The molecule has 9 heteroatoms. The van der Waals surface area contributed by atoms with Gasteiger partial charge in [0, 0.05) is 11.1 Å². The second-order valence-electron chi connectivity index (χ2n) is 6.33. The molecule has 1 aliphatic rings. The Hall–Kier alpha value is -2.94. The van der Waals surface area contributed by atoms with E-state index in [0.717, 1.165) is 29.7 Å². The molecule has 1 aliphatic carbocycles. The molecule has 142 valence electrons. The normalized spacial score (nSPS) is 15.6. The third-order valence-electron chi connectivity index (χ3n) is 4.55. The summed E-state index contributed by atoms with van der Waals surface area (Å²) < 4.78 is 33.6. The van der Waals surface area contributed by atoms with E-state index in [1.54, 1.807) is 6.33 Å². The highest BCUT2D eigenvalue weighted by molar-refractivity contribution is 5.73. The zero-order valence-electron chi connectivity index (χ0n) is 14.1. The Morgan fingerprint density at radius 2 is 1.78 bits per heavy atom. The number of aliphatic carboxylic acids is 1. The SMILES string of the molecule is NC1(c2ccc(-c3cccc4ncnn34)cc2)CCC1.O=C(O)C(F)(F)F. The number of carbonyl (C=O) groups is 1. The summed E-state index contributed by atoms with van der Waals surface area (Å²) in [5.41, 5.74) is 10.5. The fraction of sp³-hybridized carbons (Fsp3) is 0.278. The van der Waals surface area contributed by atoms with Crippen LogP contribution in [0.2, 0.25) is 0 Å². The van der Waals surface area contributed by atoms with Crippen LogP contribution in [-0.2, 0) is 10.3 Å². The number of fused-ring (bicyclic) bond motifs is 1. The van der Waals surface area contributed by atoms with Gasteiger partial charge in [-0.3, -0.25) is 0 Å². The van der Waals surface area contributed by atoms with Gasteiger partial charge in [-0.15, -0.1) is 0 Å². The van der Waals surface area contributed by atoms with E-state index >= 15 is 0 Å². The van der Waals surface area contributed by atoms with E-state index in [1.807, 2.05) is 16.6 Å². The van der Waals surface area contributed by atoms with Crippen molar-refractivity contribution in [1.29, 1.82) is 0 Å². The summed E-state index contributed by atoms with van der Waals surface area (Å²) >= 11 is 0. The zero-order valence-corrected chi connectivity index (χ0v) is 14.1. The van der Waals surface area contributed by atoms with Gasteiger partial charge in [0.25, 0.3) is 0 Å². The lowest BCUT2D eigenvalue weighted by molar-refractivity contribution is -0.192. The van der Waals surface area contributed by atoms with Crippen LogP contribution in [0.25, 0.3) is 16.9 Å². The van der Waals surface area contributed by atoms with Gasteiger partial charge in [-0.2, -0.15) is 18.3 Å². The molecule has 0 aliphatic heterocycles. The molecular formula is C18H17F3N4O2. The van der Waals surface area contributed by atoms with E-state index in [4.69, 9.17) is 15.6 Å². The van der Waals surface area contributed by atoms with Crippen LogP contribution in [-0.4, -0.2) is 31.9 Å². The van der Waals surface area contributed by atoms with Gasteiger partial charge < -0.3 is 10.8 Å². The molecule has 0 radical (unpaired) electrons. The van der Waals surface area contributed by atoms with Crippen molar-refractivity contribution in [3.63, 3.8) is 0 Å². The highest BCUT2D eigenvalue weighted by Gasteiger charge is 2.38. The summed E-state index contributed by atoms with van der Waals surface area (Å²) in [6, 6.07) is 14.5. The molecule has 4 rings (SSSR count). The van der Waals surface area contributed by atoms with Crippen molar-refractivity contribution in [1.82, 2.24) is 14.6 Å². The lowest BCUT2D eigenvalue weighted by atomic mass is 9.72. The first kappa shape index (κ1) is 18.8. The molecule has 1 fully saturated rings. The molecule has 6 nitrogen and oxygen atoms in total. The third-order valence-corrected chi connectivity index (χ3v) is 4.55. The number of hydrogen-bond donors (Lipinski definition) is 2. The molecule has 1 saturated carbocycles. The third kappa shape index (κ3) is 3.92. The molecule has 1 aromatic carbocycles. The molecule has 0 spiro atoms. The van der Waals surface area contributed by atoms with Gasteiger partial charge in [-0.25, -0.2) is 14.3 Å². The van der Waals surface area contributed by atoms with Crippen molar-refractivity contribution in [2.24, 2.45) is 5.73 Å². The molecule has 0 amide bonds.